The normalized spacial score (nSPS) is 11.3. The van der Waals surface area contributed by atoms with E-state index in [1.807, 2.05) is 0 Å². The largest absolute Gasteiger partial charge is 1.00 e. The van der Waals surface area contributed by atoms with Crippen molar-refractivity contribution in [1.29, 1.82) is 0 Å². The SMILES string of the molecule is CCCCCCCCCCNC(CS)C(=O)O.O=S(=O)([O-])[O-].[Na+].[Na+]. The minimum absolute atomic E-state index is 0. The Labute approximate surface area is 195 Å². The molecule has 0 bridgehead atoms. The number of carbonyl (C=O) groups is 1. The number of rotatable bonds is 12. The van der Waals surface area contributed by atoms with E-state index in [0.717, 1.165) is 13.0 Å². The van der Waals surface area contributed by atoms with Gasteiger partial charge in [-0.2, -0.15) is 12.6 Å². The number of aliphatic carboxylic acids is 1. The Morgan fingerprint density at radius 3 is 1.75 bits per heavy atom. The topological polar surface area (TPSA) is 130 Å². The molecule has 0 heterocycles. The van der Waals surface area contributed by atoms with Gasteiger partial charge in [0.1, 0.15) is 6.04 Å². The Balaban J connectivity index is -0.000000250. The van der Waals surface area contributed by atoms with Gasteiger partial charge in [-0.1, -0.05) is 51.9 Å². The van der Waals surface area contributed by atoms with Crippen molar-refractivity contribution in [3.8, 4) is 0 Å². The molecule has 134 valence electrons. The van der Waals surface area contributed by atoms with E-state index in [4.69, 9.17) is 22.6 Å². The summed E-state index contributed by atoms with van der Waals surface area (Å²) in [6.45, 7) is 3.01. The van der Waals surface area contributed by atoms with E-state index >= 15 is 0 Å². The summed E-state index contributed by atoms with van der Waals surface area (Å²) in [6.07, 6.45) is 10.2. The van der Waals surface area contributed by atoms with Crippen LogP contribution in [0.25, 0.3) is 0 Å². The molecule has 0 aromatic rings. The summed E-state index contributed by atoms with van der Waals surface area (Å²) in [6, 6.07) is -0.497. The van der Waals surface area contributed by atoms with Crippen LogP contribution >= 0.6 is 12.6 Å². The maximum Gasteiger partial charge on any atom is 1.00 e. The van der Waals surface area contributed by atoms with Gasteiger partial charge in [0.05, 0.1) is 0 Å². The predicted molar refractivity (Wildman–Crippen MR) is 86.4 cm³/mol. The third-order valence-corrected chi connectivity index (χ3v) is 3.27. The average Bonchev–Trinajstić information content (AvgIpc) is 2.39. The second-order valence-electron chi connectivity index (χ2n) is 4.91. The Kier molecular flexibility index (Phi) is 31.4. The molecule has 0 fully saturated rings. The van der Waals surface area contributed by atoms with E-state index in [-0.39, 0.29) is 59.1 Å². The van der Waals surface area contributed by atoms with Crippen LogP contribution < -0.4 is 64.4 Å². The molecular formula is C13H27NNa2O6S2. The first-order chi connectivity index (χ1) is 10.2. The molecule has 0 aliphatic heterocycles. The second-order valence-corrected chi connectivity index (χ2v) is 6.09. The number of nitrogens with one attached hydrogen (secondary N) is 1. The number of carboxylic acid groups (broad SMARTS) is 1. The van der Waals surface area contributed by atoms with Crippen LogP contribution in [0.15, 0.2) is 0 Å². The fourth-order valence-corrected chi connectivity index (χ4v) is 2.05. The molecule has 1 unspecified atom stereocenters. The molecule has 0 aliphatic carbocycles. The minimum Gasteiger partial charge on any atom is -0.759 e. The molecular weight excluding hydrogens is 376 g/mol. The van der Waals surface area contributed by atoms with Crippen molar-refractivity contribution < 1.29 is 86.5 Å². The van der Waals surface area contributed by atoms with Gasteiger partial charge in [0, 0.05) is 16.2 Å². The molecule has 0 saturated carbocycles. The summed E-state index contributed by atoms with van der Waals surface area (Å²) in [4.78, 5) is 10.7. The van der Waals surface area contributed by atoms with Gasteiger partial charge in [-0.15, -0.1) is 0 Å². The fourth-order valence-electron chi connectivity index (χ4n) is 1.77. The zero-order valence-electron chi connectivity index (χ0n) is 15.0. The quantitative estimate of drug-likeness (QED) is 0.0990. The zero-order chi connectivity index (χ0) is 17.4. The van der Waals surface area contributed by atoms with Crippen LogP contribution in [0, 0.1) is 0 Å². The molecule has 2 N–H and O–H groups in total. The monoisotopic (exact) mass is 403 g/mol. The van der Waals surface area contributed by atoms with Gasteiger partial charge < -0.3 is 19.5 Å². The number of hydrogen-bond donors (Lipinski definition) is 3. The summed E-state index contributed by atoms with van der Waals surface area (Å²) in [5.41, 5.74) is 0. The van der Waals surface area contributed by atoms with Gasteiger partial charge in [0.25, 0.3) is 0 Å². The van der Waals surface area contributed by atoms with E-state index in [1.165, 1.54) is 44.9 Å². The molecule has 11 heteroatoms. The van der Waals surface area contributed by atoms with Gasteiger partial charge in [-0.3, -0.25) is 13.2 Å². The average molecular weight is 403 g/mol. The molecule has 0 saturated heterocycles. The van der Waals surface area contributed by atoms with Gasteiger partial charge in [-0.25, -0.2) is 0 Å². The molecule has 0 aromatic carbocycles. The molecule has 24 heavy (non-hydrogen) atoms. The molecule has 1 atom stereocenters. The maximum atomic E-state index is 10.7. The molecule has 0 radical (unpaired) electrons. The molecule has 0 aromatic heterocycles. The van der Waals surface area contributed by atoms with Crippen molar-refractivity contribution in [1.82, 2.24) is 5.32 Å². The van der Waals surface area contributed by atoms with Crippen LogP contribution in [0.1, 0.15) is 58.3 Å². The first kappa shape index (κ1) is 33.3. The van der Waals surface area contributed by atoms with Crippen LogP contribution in [-0.2, 0) is 15.2 Å². The Morgan fingerprint density at radius 1 is 1.04 bits per heavy atom. The van der Waals surface area contributed by atoms with Crippen LogP contribution in [0.2, 0.25) is 0 Å². The maximum absolute atomic E-state index is 10.7. The number of unbranched alkanes of at least 4 members (excludes halogenated alkanes) is 7. The van der Waals surface area contributed by atoms with Crippen molar-refractivity contribution in [2.75, 3.05) is 12.3 Å². The summed E-state index contributed by atoms with van der Waals surface area (Å²) in [7, 11) is -5.17. The standard InChI is InChI=1S/C13H27NO2S.2Na.H2O4S/c1-2-3-4-5-6-7-8-9-10-14-12(11-17)13(15)16;;;1-5(2,3)4/h12,14,17H,2-11H2,1H3,(H,15,16);;;(H2,1,2,3,4)/q;2*+1;/p-2. The van der Waals surface area contributed by atoms with Crippen molar-refractivity contribution >= 4 is 29.0 Å². The van der Waals surface area contributed by atoms with Crippen molar-refractivity contribution in [3.63, 3.8) is 0 Å². The van der Waals surface area contributed by atoms with E-state index in [1.54, 1.807) is 0 Å². The Bertz CT molecular complexity index is 363. The molecule has 7 nitrogen and oxygen atoms in total. The van der Waals surface area contributed by atoms with Crippen molar-refractivity contribution in [2.45, 2.75) is 64.3 Å². The third kappa shape index (κ3) is 34.9. The van der Waals surface area contributed by atoms with Crippen molar-refractivity contribution in [2.24, 2.45) is 0 Å². The van der Waals surface area contributed by atoms with E-state index in [9.17, 15) is 4.79 Å². The van der Waals surface area contributed by atoms with Crippen LogP contribution in [0.4, 0.5) is 0 Å². The summed E-state index contributed by atoms with van der Waals surface area (Å²) in [5, 5.41) is 11.8. The van der Waals surface area contributed by atoms with E-state index < -0.39 is 22.4 Å². The first-order valence-corrected chi connectivity index (χ1v) is 9.42. The van der Waals surface area contributed by atoms with E-state index in [2.05, 4.69) is 24.9 Å². The fraction of sp³-hybridized carbons (Fsp3) is 0.923. The van der Waals surface area contributed by atoms with Crippen molar-refractivity contribution in [3.05, 3.63) is 0 Å². The van der Waals surface area contributed by atoms with Gasteiger partial charge in [0.2, 0.25) is 0 Å². The summed E-state index contributed by atoms with van der Waals surface area (Å²) < 4.78 is 34.1. The summed E-state index contributed by atoms with van der Waals surface area (Å²) >= 11 is 4.00. The van der Waals surface area contributed by atoms with Crippen LogP contribution in [-0.4, -0.2) is 46.9 Å². The molecule has 0 spiro atoms. The molecule has 0 rings (SSSR count). The Morgan fingerprint density at radius 2 is 1.42 bits per heavy atom. The number of thiol groups is 1. The molecule has 0 aliphatic rings. The van der Waals surface area contributed by atoms with Crippen LogP contribution in [0.3, 0.4) is 0 Å². The second kappa shape index (κ2) is 22.7. The Hall–Kier alpha value is 1.65. The third-order valence-electron chi connectivity index (χ3n) is 2.90. The summed E-state index contributed by atoms with van der Waals surface area (Å²) in [5.74, 6) is -0.452. The predicted octanol–water partition coefficient (Wildman–Crippen LogP) is -4.23. The van der Waals surface area contributed by atoms with Gasteiger partial charge in [0.15, 0.2) is 0 Å². The number of hydrogen-bond acceptors (Lipinski definition) is 7. The van der Waals surface area contributed by atoms with E-state index in [0.29, 0.717) is 5.75 Å². The molecule has 0 amide bonds. The smallest absolute Gasteiger partial charge is 0.759 e. The minimum atomic E-state index is -5.17. The van der Waals surface area contributed by atoms with Crippen LogP contribution in [0.5, 0.6) is 0 Å². The van der Waals surface area contributed by atoms with Gasteiger partial charge in [-0.05, 0) is 13.0 Å². The number of carboxylic acids is 1. The van der Waals surface area contributed by atoms with Gasteiger partial charge >= 0.3 is 65.1 Å². The zero-order valence-corrected chi connectivity index (χ0v) is 20.7. The first-order valence-electron chi connectivity index (χ1n) is 7.46.